The Kier molecular flexibility index (Phi) is 8.44. The number of rotatable bonds is 9. The van der Waals surface area contributed by atoms with Crippen LogP contribution in [0.15, 0.2) is 52.6 Å². The molecule has 1 aliphatic rings. The first-order valence-electron chi connectivity index (χ1n) is 11.2. The maximum atomic E-state index is 13.4. The summed E-state index contributed by atoms with van der Waals surface area (Å²) in [7, 11) is -2.80. The zero-order valence-electron chi connectivity index (χ0n) is 20.0. The molecule has 1 aromatic carbocycles. The maximum absolute atomic E-state index is 13.4. The molecule has 3 atom stereocenters. The molecule has 1 saturated carbocycles. The van der Waals surface area contributed by atoms with Crippen molar-refractivity contribution in [1.82, 2.24) is 14.7 Å². The first kappa shape index (κ1) is 28.4. The Morgan fingerprint density at radius 3 is 2.74 bits per heavy atom. The number of thiophene rings is 1. The van der Waals surface area contributed by atoms with Crippen LogP contribution >= 0.6 is 23.1 Å². The van der Waals surface area contributed by atoms with Crippen molar-refractivity contribution < 1.29 is 35.7 Å². The number of alkyl halides is 3. The van der Waals surface area contributed by atoms with Crippen molar-refractivity contribution >= 4 is 45.0 Å². The van der Waals surface area contributed by atoms with Gasteiger partial charge >= 0.3 is 16.5 Å². The summed E-state index contributed by atoms with van der Waals surface area (Å²) in [5.41, 5.74) is -0.594. The molecule has 38 heavy (non-hydrogen) atoms. The van der Waals surface area contributed by atoms with Crippen molar-refractivity contribution in [3.05, 3.63) is 63.7 Å². The third-order valence-electron chi connectivity index (χ3n) is 5.76. The number of hydrogen-bond acceptors (Lipinski definition) is 10. The molecule has 3 N–H and O–H groups in total. The van der Waals surface area contributed by atoms with Gasteiger partial charge in [0.15, 0.2) is 0 Å². The summed E-state index contributed by atoms with van der Waals surface area (Å²) >= 11 is 2.33. The summed E-state index contributed by atoms with van der Waals surface area (Å²) < 4.78 is 69.6. The summed E-state index contributed by atoms with van der Waals surface area (Å²) in [5, 5.41) is 13.3. The third-order valence-corrected chi connectivity index (χ3v) is 9.07. The van der Waals surface area contributed by atoms with E-state index >= 15 is 0 Å². The van der Waals surface area contributed by atoms with Gasteiger partial charge in [-0.25, -0.2) is 9.97 Å². The van der Waals surface area contributed by atoms with E-state index in [2.05, 4.69) is 15.3 Å². The lowest BCUT2D eigenvalue weighted by Crippen LogP contribution is -2.31. The van der Waals surface area contributed by atoms with Crippen LogP contribution < -0.4 is 10.0 Å². The van der Waals surface area contributed by atoms with E-state index in [1.165, 1.54) is 37.0 Å². The van der Waals surface area contributed by atoms with Crippen molar-refractivity contribution in [3.63, 3.8) is 0 Å². The fourth-order valence-corrected chi connectivity index (χ4v) is 6.62. The van der Waals surface area contributed by atoms with Crippen LogP contribution in [-0.2, 0) is 20.7 Å². The minimum Gasteiger partial charge on any atom is -0.390 e. The second kappa shape index (κ2) is 11.3. The molecular weight excluding hydrogens is 565 g/mol. The van der Waals surface area contributed by atoms with Crippen LogP contribution in [0.5, 0.6) is 0 Å². The first-order valence-corrected chi connectivity index (χ1v) is 14.3. The standard InChI is InChI=1S/C23H23F3N4O5S3/c1-12-19(37-15-5-3-4-13(6-15)23(24,25)26)9-20(36-12)21(32)16-10-28-11-29-22(16)30-14-7-17(31)18(8-14)35-38(33,34)27-2/h3-6,9-11,14,17-18,27,31H,7-8H2,1-2H3,(H,28,29,30)/t14-,17+,18-/m1/s1. The van der Waals surface area contributed by atoms with E-state index in [9.17, 15) is 31.5 Å². The second-order valence-electron chi connectivity index (χ2n) is 8.45. The molecule has 2 aromatic heterocycles. The summed E-state index contributed by atoms with van der Waals surface area (Å²) in [6.45, 7) is 1.78. The number of nitrogens with one attached hydrogen (secondary N) is 2. The number of ketones is 1. The van der Waals surface area contributed by atoms with Crippen molar-refractivity contribution in [3.8, 4) is 0 Å². The molecule has 1 aliphatic carbocycles. The van der Waals surface area contributed by atoms with Gasteiger partial charge in [-0.2, -0.15) is 26.3 Å². The Balaban J connectivity index is 1.50. The van der Waals surface area contributed by atoms with Gasteiger partial charge in [-0.15, -0.1) is 11.3 Å². The lowest BCUT2D eigenvalue weighted by molar-refractivity contribution is -0.137. The number of aliphatic hydroxyl groups is 1. The highest BCUT2D eigenvalue weighted by Gasteiger charge is 2.37. The molecule has 15 heteroatoms. The highest BCUT2D eigenvalue weighted by molar-refractivity contribution is 7.99. The van der Waals surface area contributed by atoms with E-state index in [0.29, 0.717) is 14.7 Å². The molecule has 0 saturated heterocycles. The number of aromatic nitrogens is 2. The van der Waals surface area contributed by atoms with E-state index in [1.807, 2.05) is 4.72 Å². The predicted molar refractivity (Wildman–Crippen MR) is 136 cm³/mol. The molecule has 1 fully saturated rings. The molecule has 0 unspecified atom stereocenters. The molecule has 0 amide bonds. The number of benzene rings is 1. The number of nitrogens with zero attached hydrogens (tertiary/aromatic N) is 2. The van der Waals surface area contributed by atoms with Crippen LogP contribution in [0.3, 0.4) is 0 Å². The Morgan fingerprint density at radius 2 is 2.03 bits per heavy atom. The Bertz CT molecular complexity index is 1430. The molecule has 204 valence electrons. The molecule has 3 aromatic rings. The van der Waals surface area contributed by atoms with E-state index in [0.717, 1.165) is 28.8 Å². The molecule has 0 bridgehead atoms. The van der Waals surface area contributed by atoms with Gasteiger partial charge < -0.3 is 10.4 Å². The number of aliphatic hydroxyl groups excluding tert-OH is 1. The summed E-state index contributed by atoms with van der Waals surface area (Å²) in [5.74, 6) is -0.182. The minimum absolute atomic E-state index is 0.148. The number of aryl methyl sites for hydroxylation is 1. The number of halogens is 3. The third kappa shape index (κ3) is 6.71. The van der Waals surface area contributed by atoms with Gasteiger partial charge in [-0.1, -0.05) is 17.8 Å². The largest absolute Gasteiger partial charge is 0.416 e. The summed E-state index contributed by atoms with van der Waals surface area (Å²) in [4.78, 5) is 23.6. The monoisotopic (exact) mass is 588 g/mol. The molecule has 0 spiro atoms. The Morgan fingerprint density at radius 1 is 1.26 bits per heavy atom. The van der Waals surface area contributed by atoms with Gasteiger partial charge in [0.2, 0.25) is 5.78 Å². The number of anilines is 1. The van der Waals surface area contributed by atoms with Gasteiger partial charge in [0.25, 0.3) is 0 Å². The molecule has 0 aliphatic heterocycles. The fraction of sp³-hybridized carbons (Fsp3) is 0.348. The highest BCUT2D eigenvalue weighted by Crippen LogP contribution is 2.39. The van der Waals surface area contributed by atoms with Gasteiger partial charge in [0.1, 0.15) is 18.2 Å². The molecular formula is C23H23F3N4O5S3. The summed E-state index contributed by atoms with van der Waals surface area (Å²) in [6.07, 6.45) is -3.57. The highest BCUT2D eigenvalue weighted by atomic mass is 32.2. The Hall–Kier alpha value is -2.56. The topological polar surface area (TPSA) is 131 Å². The van der Waals surface area contributed by atoms with Gasteiger partial charge in [0.05, 0.1) is 22.1 Å². The van der Waals surface area contributed by atoms with Crippen molar-refractivity contribution in [2.75, 3.05) is 12.4 Å². The lowest BCUT2D eigenvalue weighted by atomic mass is 10.1. The number of carbonyl (C=O) groups is 1. The van der Waals surface area contributed by atoms with Crippen LogP contribution in [0.1, 0.15) is 38.5 Å². The van der Waals surface area contributed by atoms with E-state index in [4.69, 9.17) is 4.18 Å². The molecule has 4 rings (SSSR count). The Labute approximate surface area is 225 Å². The van der Waals surface area contributed by atoms with Gasteiger partial charge in [0, 0.05) is 34.0 Å². The maximum Gasteiger partial charge on any atom is 0.416 e. The van der Waals surface area contributed by atoms with Gasteiger partial charge in [-0.05, 0) is 44.0 Å². The zero-order valence-corrected chi connectivity index (χ0v) is 22.5. The van der Waals surface area contributed by atoms with Crippen LogP contribution in [0.4, 0.5) is 19.0 Å². The van der Waals surface area contributed by atoms with Gasteiger partial charge in [-0.3, -0.25) is 8.98 Å². The normalized spacial score (nSPS) is 20.0. The lowest BCUT2D eigenvalue weighted by Gasteiger charge is -2.15. The van der Waals surface area contributed by atoms with Crippen LogP contribution in [0.25, 0.3) is 0 Å². The zero-order chi connectivity index (χ0) is 27.7. The average molecular weight is 589 g/mol. The van der Waals surface area contributed by atoms with Crippen LogP contribution in [-0.4, -0.2) is 54.6 Å². The SMILES string of the molecule is CNS(=O)(=O)O[C@@H]1C[C@H](Nc2ncncc2C(=O)c2cc(Sc3cccc(C(F)(F)F)c3)c(C)s2)C[C@@H]1O. The second-order valence-corrected chi connectivity index (χ2v) is 12.3. The van der Waals surface area contributed by atoms with Crippen molar-refractivity contribution in [1.29, 1.82) is 0 Å². The number of carbonyl (C=O) groups excluding carboxylic acids is 1. The predicted octanol–water partition coefficient (Wildman–Crippen LogP) is 4.03. The van der Waals surface area contributed by atoms with Crippen LogP contribution in [0, 0.1) is 6.92 Å². The molecule has 2 heterocycles. The van der Waals surface area contributed by atoms with Crippen molar-refractivity contribution in [2.24, 2.45) is 0 Å². The van der Waals surface area contributed by atoms with E-state index < -0.39 is 40.3 Å². The fourth-order valence-electron chi connectivity index (χ4n) is 3.89. The molecule has 9 nitrogen and oxygen atoms in total. The van der Waals surface area contributed by atoms with Crippen LogP contribution in [0.2, 0.25) is 0 Å². The van der Waals surface area contributed by atoms with E-state index in [1.54, 1.807) is 19.1 Å². The smallest absolute Gasteiger partial charge is 0.390 e. The first-order chi connectivity index (χ1) is 17.9. The van der Waals surface area contributed by atoms with Crippen molar-refractivity contribution in [2.45, 2.75) is 54.0 Å². The quantitative estimate of drug-likeness (QED) is 0.317. The number of hydrogen-bond donors (Lipinski definition) is 3. The summed E-state index contributed by atoms with van der Waals surface area (Å²) in [6, 6.07) is 6.16. The molecule has 0 radical (unpaired) electrons. The average Bonchev–Trinajstić information content (AvgIpc) is 3.39. The van der Waals surface area contributed by atoms with E-state index in [-0.39, 0.29) is 30.0 Å². The minimum atomic E-state index is -4.46.